The van der Waals surface area contributed by atoms with Gasteiger partial charge in [-0.05, 0) is 84.9 Å². The lowest BCUT2D eigenvalue weighted by Gasteiger charge is -2.25. The van der Waals surface area contributed by atoms with Crippen LogP contribution in [0.15, 0.2) is 116 Å². The molecule has 8 heteroatoms. The summed E-state index contributed by atoms with van der Waals surface area (Å²) in [5.41, 5.74) is 4.27. The maximum absolute atomic E-state index is 10.8. The van der Waals surface area contributed by atoms with Crippen LogP contribution >= 0.6 is 31.9 Å². The number of nitrogens with zero attached hydrogens (tertiary/aromatic N) is 4. The van der Waals surface area contributed by atoms with Crippen molar-refractivity contribution in [1.29, 1.82) is 0 Å². The number of nitro benzene ring substituents is 1. The van der Waals surface area contributed by atoms with Crippen LogP contribution in [0, 0.1) is 10.1 Å². The third kappa shape index (κ3) is 5.27. The van der Waals surface area contributed by atoms with E-state index in [0.29, 0.717) is 11.4 Å². The summed E-state index contributed by atoms with van der Waals surface area (Å²) in [5, 5.41) is 19.2. The van der Waals surface area contributed by atoms with Gasteiger partial charge >= 0.3 is 0 Å². The first-order chi connectivity index (χ1) is 15.5. The van der Waals surface area contributed by atoms with Gasteiger partial charge in [0.15, 0.2) is 0 Å². The molecule has 6 nitrogen and oxygen atoms in total. The van der Waals surface area contributed by atoms with Crippen LogP contribution in [0.3, 0.4) is 0 Å². The van der Waals surface area contributed by atoms with Crippen LogP contribution in [0.1, 0.15) is 0 Å². The summed E-state index contributed by atoms with van der Waals surface area (Å²) in [6.07, 6.45) is 0. The topological polar surface area (TPSA) is 71.1 Å². The largest absolute Gasteiger partial charge is 0.311 e. The van der Waals surface area contributed by atoms with E-state index < -0.39 is 4.92 Å². The van der Waals surface area contributed by atoms with Crippen molar-refractivity contribution in [2.45, 2.75) is 0 Å². The van der Waals surface area contributed by atoms with Crippen LogP contribution in [-0.2, 0) is 0 Å². The lowest BCUT2D eigenvalue weighted by atomic mass is 10.2. The van der Waals surface area contributed by atoms with E-state index >= 15 is 0 Å². The van der Waals surface area contributed by atoms with Gasteiger partial charge in [0, 0.05) is 38.1 Å². The molecule has 0 aliphatic heterocycles. The molecule has 0 aromatic heterocycles. The van der Waals surface area contributed by atoms with Crippen molar-refractivity contribution in [3.63, 3.8) is 0 Å². The maximum atomic E-state index is 10.8. The molecule has 4 rings (SSSR count). The van der Waals surface area contributed by atoms with Crippen LogP contribution in [0.25, 0.3) is 0 Å². The lowest BCUT2D eigenvalue weighted by molar-refractivity contribution is -0.384. The fourth-order valence-electron chi connectivity index (χ4n) is 3.05. The minimum atomic E-state index is -0.442. The average Bonchev–Trinajstić information content (AvgIpc) is 2.81. The van der Waals surface area contributed by atoms with Gasteiger partial charge in [-0.1, -0.05) is 31.9 Å². The summed E-state index contributed by atoms with van der Waals surface area (Å²) in [7, 11) is 0. The molecule has 0 unspecified atom stereocenters. The second-order valence-electron chi connectivity index (χ2n) is 6.78. The number of nitro groups is 1. The van der Waals surface area contributed by atoms with E-state index in [1.54, 1.807) is 12.1 Å². The van der Waals surface area contributed by atoms with Gasteiger partial charge < -0.3 is 4.90 Å². The number of hydrogen-bond acceptors (Lipinski definition) is 5. The first-order valence-corrected chi connectivity index (χ1v) is 11.2. The number of rotatable bonds is 6. The van der Waals surface area contributed by atoms with E-state index in [9.17, 15) is 10.1 Å². The monoisotopic (exact) mass is 550 g/mol. The standard InChI is InChI=1S/C24H16Br2N4O2/c25-17-1-9-21(10-2-17)29(22-11-3-18(26)4-12-22)23-13-5-19(6-14-23)27-28-20-7-15-24(16-8-20)30(31)32/h1-16H. The zero-order chi connectivity index (χ0) is 22.5. The Balaban J connectivity index is 1.60. The summed E-state index contributed by atoms with van der Waals surface area (Å²) in [4.78, 5) is 12.5. The number of benzene rings is 4. The molecular formula is C24H16Br2N4O2. The van der Waals surface area contributed by atoms with Crippen molar-refractivity contribution in [2.24, 2.45) is 10.2 Å². The highest BCUT2D eigenvalue weighted by Gasteiger charge is 2.12. The molecule has 0 aliphatic rings. The fourth-order valence-corrected chi connectivity index (χ4v) is 3.58. The van der Waals surface area contributed by atoms with E-state index in [1.165, 1.54) is 12.1 Å². The van der Waals surface area contributed by atoms with Gasteiger partial charge in [-0.3, -0.25) is 10.1 Å². The predicted octanol–water partition coefficient (Wildman–Crippen LogP) is 9.00. The molecule has 0 amide bonds. The van der Waals surface area contributed by atoms with Gasteiger partial charge in [0.05, 0.1) is 16.3 Å². The Morgan fingerprint density at radius 2 is 0.938 bits per heavy atom. The Bertz CT molecular complexity index is 1200. The Kier molecular flexibility index (Phi) is 6.72. The molecule has 0 heterocycles. The Morgan fingerprint density at radius 3 is 1.31 bits per heavy atom. The molecule has 0 aliphatic carbocycles. The van der Waals surface area contributed by atoms with Gasteiger partial charge in [-0.15, -0.1) is 0 Å². The molecule has 0 spiro atoms. The van der Waals surface area contributed by atoms with E-state index in [1.807, 2.05) is 72.8 Å². The van der Waals surface area contributed by atoms with E-state index in [2.05, 4.69) is 47.0 Å². The Morgan fingerprint density at radius 1 is 0.594 bits per heavy atom. The van der Waals surface area contributed by atoms with Gasteiger partial charge in [0.2, 0.25) is 0 Å². The van der Waals surface area contributed by atoms with Crippen molar-refractivity contribution < 1.29 is 4.92 Å². The van der Waals surface area contributed by atoms with E-state index in [-0.39, 0.29) is 5.69 Å². The number of halogens is 2. The number of non-ortho nitro benzene ring substituents is 1. The molecule has 0 radical (unpaired) electrons. The molecule has 0 fully saturated rings. The van der Waals surface area contributed by atoms with Gasteiger partial charge in [0.25, 0.3) is 5.69 Å². The molecule has 0 atom stereocenters. The van der Waals surface area contributed by atoms with Crippen LogP contribution in [0.2, 0.25) is 0 Å². The van der Waals surface area contributed by atoms with Crippen LogP contribution in [0.5, 0.6) is 0 Å². The predicted molar refractivity (Wildman–Crippen MR) is 134 cm³/mol. The third-order valence-corrected chi connectivity index (χ3v) is 5.68. The van der Waals surface area contributed by atoms with Crippen LogP contribution < -0.4 is 4.90 Å². The highest BCUT2D eigenvalue weighted by molar-refractivity contribution is 9.10. The van der Waals surface area contributed by atoms with Gasteiger partial charge in [-0.2, -0.15) is 10.2 Å². The number of azo groups is 1. The fraction of sp³-hybridized carbons (Fsp3) is 0. The number of anilines is 3. The first-order valence-electron chi connectivity index (χ1n) is 9.57. The molecule has 0 saturated carbocycles. The summed E-state index contributed by atoms with van der Waals surface area (Å²) in [5.74, 6) is 0. The van der Waals surface area contributed by atoms with Crippen molar-refractivity contribution in [2.75, 3.05) is 4.90 Å². The molecule has 0 N–H and O–H groups in total. The number of hydrogen-bond donors (Lipinski definition) is 0. The quantitative estimate of drug-likeness (QED) is 0.136. The van der Waals surface area contributed by atoms with Gasteiger partial charge in [-0.25, -0.2) is 0 Å². The van der Waals surface area contributed by atoms with Crippen molar-refractivity contribution in [3.8, 4) is 0 Å². The SMILES string of the molecule is O=[N+]([O-])c1ccc(N=Nc2ccc(N(c3ccc(Br)cc3)c3ccc(Br)cc3)cc2)cc1. The normalized spacial score (nSPS) is 10.9. The summed E-state index contributed by atoms with van der Waals surface area (Å²) >= 11 is 6.99. The smallest absolute Gasteiger partial charge is 0.269 e. The molecule has 4 aromatic carbocycles. The van der Waals surface area contributed by atoms with E-state index in [4.69, 9.17) is 0 Å². The Hall–Kier alpha value is -3.36. The van der Waals surface area contributed by atoms with Gasteiger partial charge in [0.1, 0.15) is 0 Å². The molecule has 4 aromatic rings. The molecule has 158 valence electrons. The maximum Gasteiger partial charge on any atom is 0.269 e. The highest BCUT2D eigenvalue weighted by atomic mass is 79.9. The van der Waals surface area contributed by atoms with Crippen molar-refractivity contribution >= 4 is 66.0 Å². The summed E-state index contributed by atoms with van der Waals surface area (Å²) in [6, 6.07) is 29.9. The Labute approximate surface area is 201 Å². The molecule has 0 saturated heterocycles. The second-order valence-corrected chi connectivity index (χ2v) is 8.61. The summed E-state index contributed by atoms with van der Waals surface area (Å²) < 4.78 is 2.03. The highest BCUT2D eigenvalue weighted by Crippen LogP contribution is 2.36. The zero-order valence-electron chi connectivity index (χ0n) is 16.6. The van der Waals surface area contributed by atoms with E-state index in [0.717, 1.165) is 26.0 Å². The van der Waals surface area contributed by atoms with Crippen LogP contribution in [-0.4, -0.2) is 4.92 Å². The summed E-state index contributed by atoms with van der Waals surface area (Å²) in [6.45, 7) is 0. The second kappa shape index (κ2) is 9.84. The minimum Gasteiger partial charge on any atom is -0.311 e. The molecule has 32 heavy (non-hydrogen) atoms. The molecule has 0 bridgehead atoms. The van der Waals surface area contributed by atoms with Crippen molar-refractivity contribution in [3.05, 3.63) is 116 Å². The van der Waals surface area contributed by atoms with Crippen molar-refractivity contribution in [1.82, 2.24) is 0 Å². The minimum absolute atomic E-state index is 0.0225. The zero-order valence-corrected chi connectivity index (χ0v) is 19.8. The average molecular weight is 552 g/mol. The molecular weight excluding hydrogens is 536 g/mol. The first kappa shape index (κ1) is 21.9. The lowest BCUT2D eigenvalue weighted by Crippen LogP contribution is -2.09. The van der Waals surface area contributed by atoms with Crippen LogP contribution in [0.4, 0.5) is 34.1 Å². The third-order valence-electron chi connectivity index (χ3n) is 4.62.